The Kier molecular flexibility index (Phi) is 20.4. The molecule has 12 atom stereocenters. The molecule has 22 nitrogen and oxygen atoms in total. The molecule has 0 spiro atoms. The Morgan fingerprint density at radius 3 is 1.80 bits per heavy atom. The number of carbonyl (C=O) groups excluding carboxylic acids is 7. The van der Waals surface area contributed by atoms with Crippen molar-refractivity contribution in [2.45, 2.75) is 133 Å². The summed E-state index contributed by atoms with van der Waals surface area (Å²) in [4.78, 5) is 102. The molecule has 3 fully saturated rings. The van der Waals surface area contributed by atoms with Crippen molar-refractivity contribution in [1.29, 1.82) is 0 Å². The van der Waals surface area contributed by atoms with E-state index in [2.05, 4.69) is 33.6 Å². The second kappa shape index (κ2) is 27.1. The molecule has 4 aromatic rings. The molecule has 3 aliphatic rings. The third-order valence-electron chi connectivity index (χ3n) is 14.8. The number of nitrogens with one attached hydrogen (secondary N) is 5. The first-order valence-electron chi connectivity index (χ1n) is 27.1. The maximum atomic E-state index is 14.5. The minimum absolute atomic E-state index is 0.0933. The van der Waals surface area contributed by atoms with Crippen LogP contribution in [0.4, 0.5) is 0 Å². The molecule has 80 heavy (non-hydrogen) atoms. The van der Waals surface area contributed by atoms with Crippen LogP contribution in [0.15, 0.2) is 97.1 Å². The average molecular weight is 1110 g/mol. The zero-order chi connectivity index (χ0) is 57.9. The van der Waals surface area contributed by atoms with Crippen LogP contribution in [0.25, 0.3) is 22.3 Å². The highest BCUT2D eigenvalue weighted by Gasteiger charge is 2.49. The average Bonchev–Trinajstić information content (AvgIpc) is 4.02. The van der Waals surface area contributed by atoms with E-state index in [9.17, 15) is 64.2 Å². The molecular formula is C58H74N8O14. The number of amides is 7. The maximum absolute atomic E-state index is 14.5. The highest BCUT2D eigenvalue weighted by Crippen LogP contribution is 2.29. The number of benzene rings is 4. The van der Waals surface area contributed by atoms with Crippen LogP contribution in [0.2, 0.25) is 0 Å². The second-order valence-electron chi connectivity index (χ2n) is 21.1. The number of nitrogens with zero attached hydrogens (tertiary/aromatic N) is 3. The molecular weight excluding hydrogens is 1030 g/mol. The lowest BCUT2D eigenvalue weighted by molar-refractivity contribution is -0.147. The number of phenols is 1. The Hall–Kier alpha value is -7.47. The fourth-order valence-corrected chi connectivity index (χ4v) is 10.2. The summed E-state index contributed by atoms with van der Waals surface area (Å²) in [7, 11) is 1.43. The summed E-state index contributed by atoms with van der Waals surface area (Å²) in [6.07, 6.45) is -5.50. The van der Waals surface area contributed by atoms with E-state index in [1.54, 1.807) is 31.2 Å². The van der Waals surface area contributed by atoms with Gasteiger partial charge >= 0.3 is 0 Å². The van der Waals surface area contributed by atoms with E-state index in [4.69, 9.17) is 4.74 Å². The predicted molar refractivity (Wildman–Crippen MR) is 293 cm³/mol. The van der Waals surface area contributed by atoms with Crippen molar-refractivity contribution < 1.29 is 68.9 Å². The third kappa shape index (κ3) is 14.8. The molecule has 3 saturated heterocycles. The van der Waals surface area contributed by atoms with Gasteiger partial charge in [0.05, 0.1) is 37.1 Å². The number of aliphatic hydroxyl groups excluding tert-OH is 5. The van der Waals surface area contributed by atoms with Crippen LogP contribution in [0.1, 0.15) is 75.7 Å². The van der Waals surface area contributed by atoms with Crippen molar-refractivity contribution >= 4 is 41.4 Å². The van der Waals surface area contributed by atoms with E-state index in [1.165, 1.54) is 50.2 Å². The Bertz CT molecular complexity index is 2800. The number of unbranched alkanes of at least 4 members (excludes halogenated alkanes) is 2. The van der Waals surface area contributed by atoms with Crippen LogP contribution in [-0.4, -0.2) is 187 Å². The highest BCUT2D eigenvalue weighted by atomic mass is 16.5. The van der Waals surface area contributed by atoms with Gasteiger partial charge in [0, 0.05) is 51.0 Å². The van der Waals surface area contributed by atoms with Gasteiger partial charge in [-0.05, 0) is 90.9 Å². The molecule has 22 heteroatoms. The number of phenolic OH excluding ortho intramolecular Hbond substituents is 1. The Balaban J connectivity index is 1.15. The highest BCUT2D eigenvalue weighted by molar-refractivity contribution is 6.00. The van der Waals surface area contributed by atoms with E-state index in [0.717, 1.165) is 57.1 Å². The van der Waals surface area contributed by atoms with Gasteiger partial charge in [-0.1, -0.05) is 87.4 Å². The number of hydrogen-bond donors (Lipinski definition) is 11. The molecule has 4 aromatic carbocycles. The van der Waals surface area contributed by atoms with Gasteiger partial charge in [0.1, 0.15) is 47.8 Å². The number of ether oxygens (including phenoxy) is 1. The first kappa shape index (κ1) is 60.2. The maximum Gasteiger partial charge on any atom is 0.259 e. The van der Waals surface area contributed by atoms with Gasteiger partial charge in [-0.3, -0.25) is 39.0 Å². The molecule has 0 saturated carbocycles. The fourth-order valence-electron chi connectivity index (χ4n) is 10.2. The number of aliphatic hydroxyl groups is 5. The first-order chi connectivity index (χ1) is 38.1. The quantitative estimate of drug-likeness (QED) is 0.0777. The number of aromatic hydroxyl groups is 1. The molecule has 7 amide bonds. The lowest BCUT2D eigenvalue weighted by atomic mass is 9.99. The molecule has 0 radical (unpaired) electrons. The van der Waals surface area contributed by atoms with Crippen LogP contribution in [0, 0.1) is 5.92 Å². The van der Waals surface area contributed by atoms with Gasteiger partial charge in [0.25, 0.3) is 11.8 Å². The number of hydrogen-bond acceptors (Lipinski definition) is 15. The van der Waals surface area contributed by atoms with E-state index in [-0.39, 0.29) is 43.7 Å². The monoisotopic (exact) mass is 1110 g/mol. The summed E-state index contributed by atoms with van der Waals surface area (Å²) in [6, 6.07) is 17.9. The van der Waals surface area contributed by atoms with E-state index >= 15 is 0 Å². The predicted octanol–water partition coefficient (Wildman–Crippen LogP) is 0.750. The Morgan fingerprint density at radius 2 is 1.23 bits per heavy atom. The largest absolute Gasteiger partial charge is 0.508 e. The van der Waals surface area contributed by atoms with Gasteiger partial charge < -0.3 is 66.4 Å². The van der Waals surface area contributed by atoms with E-state index < -0.39 is 121 Å². The normalized spacial score (nSPS) is 25.9. The van der Waals surface area contributed by atoms with Gasteiger partial charge in [-0.15, -0.1) is 0 Å². The molecule has 2 unspecified atom stereocenters. The summed E-state index contributed by atoms with van der Waals surface area (Å²) < 4.78 is 5.86. The molecule has 0 bridgehead atoms. The molecule has 430 valence electrons. The van der Waals surface area contributed by atoms with Gasteiger partial charge in [0.15, 0.2) is 0 Å². The smallest absolute Gasteiger partial charge is 0.259 e. The zero-order valence-electron chi connectivity index (χ0n) is 45.5. The number of fused-ring (bicyclic) bond motifs is 2. The van der Waals surface area contributed by atoms with E-state index in [1.807, 2.05) is 48.5 Å². The van der Waals surface area contributed by atoms with Gasteiger partial charge in [-0.25, -0.2) is 5.01 Å². The lowest BCUT2D eigenvalue weighted by Crippen LogP contribution is -2.64. The summed E-state index contributed by atoms with van der Waals surface area (Å²) in [5.41, 5.74) is 6.84. The third-order valence-corrected chi connectivity index (χ3v) is 14.8. The number of carbonyl (C=O) groups is 7. The molecule has 3 heterocycles. The zero-order valence-corrected chi connectivity index (χ0v) is 45.5. The van der Waals surface area contributed by atoms with Gasteiger partial charge in [-0.2, -0.15) is 0 Å². The summed E-state index contributed by atoms with van der Waals surface area (Å²) in [5, 5.41) is 77.2. The van der Waals surface area contributed by atoms with Crippen LogP contribution >= 0.6 is 0 Å². The van der Waals surface area contributed by atoms with Gasteiger partial charge in [0.2, 0.25) is 29.5 Å². The molecule has 0 aromatic heterocycles. The van der Waals surface area contributed by atoms with Crippen molar-refractivity contribution in [3.05, 3.63) is 108 Å². The molecule has 0 aliphatic carbocycles. The summed E-state index contributed by atoms with van der Waals surface area (Å²) in [5.74, 6) is -6.75. The fraction of sp³-hybridized carbons (Fsp3) is 0.466. The number of hydrazine groups is 1. The summed E-state index contributed by atoms with van der Waals surface area (Å²) >= 11 is 0. The SMILES string of the molecule is CCCCCOc1ccc(-c2ccc(-c3ccc(C(=O)N[C@H]4CCN(C)NC(=O)[C@@H]5[C@@H](O)[C@@H](C)CN5C(=O)[C@H](C(C)O)NC(=O)[C@H]([C@H](O)Cc5ccc(O)cc5)NC(=O)[C@@H]5C[C@@H](O)CN5C(=O)[C@H](C(C)O)NC4=O)cc3)cc2)cc1. The first-order valence-corrected chi connectivity index (χ1v) is 27.1. The minimum Gasteiger partial charge on any atom is -0.508 e. The van der Waals surface area contributed by atoms with Crippen molar-refractivity contribution in [2.24, 2.45) is 5.92 Å². The Morgan fingerprint density at radius 1 is 0.688 bits per heavy atom. The van der Waals surface area contributed by atoms with Crippen LogP contribution in [0.5, 0.6) is 11.5 Å². The van der Waals surface area contributed by atoms with E-state index in [0.29, 0.717) is 12.2 Å². The molecule has 7 rings (SSSR count). The topological polar surface area (TPSA) is 320 Å². The standard InChI is InChI=1S/C58H74N8O14/c1-6-7-8-27-80-43-23-19-39(20-24-43)37-13-11-36(12-14-37)38-15-17-40(18-16-38)52(73)59-44-25-26-64(5)63-56(77)50-51(72)32(2)30-66(50)58(79)48(34(4)68)61-55(76)49(46(71)28-35-9-21-41(69)22-10-35)62-54(75)45-29-42(70)31-65(45)57(78)47(33(3)67)60-53(44)74/h9-24,32-34,42,44-51,67-72H,6-8,25-31H2,1-5H3,(H,59,73)(H,60,74)(H,61,76)(H,62,75)(H,63,77)/t32-,33?,34?,42+,44-,45-,46+,47-,48-,49-,50-,51-/m0/s1. The summed E-state index contributed by atoms with van der Waals surface area (Å²) in [6.45, 7) is 5.97. The van der Waals surface area contributed by atoms with Crippen LogP contribution < -0.4 is 31.4 Å². The number of rotatable bonds is 14. The van der Waals surface area contributed by atoms with Crippen molar-refractivity contribution in [2.75, 3.05) is 33.3 Å². The molecule has 3 aliphatic heterocycles. The van der Waals surface area contributed by atoms with Crippen molar-refractivity contribution in [3.8, 4) is 33.8 Å². The van der Waals surface area contributed by atoms with Crippen LogP contribution in [-0.2, 0) is 35.2 Å². The Labute approximate surface area is 464 Å². The van der Waals surface area contributed by atoms with Crippen LogP contribution in [0.3, 0.4) is 0 Å². The van der Waals surface area contributed by atoms with Crippen molar-refractivity contribution in [1.82, 2.24) is 41.5 Å². The lowest BCUT2D eigenvalue weighted by Gasteiger charge is -2.33. The van der Waals surface area contributed by atoms with Crippen molar-refractivity contribution in [3.63, 3.8) is 0 Å². The second-order valence-corrected chi connectivity index (χ2v) is 21.1. The molecule has 11 N–H and O–H groups in total. The minimum atomic E-state index is -1.92.